The first-order valence-electron chi connectivity index (χ1n) is 7.77. The van der Waals surface area contributed by atoms with Crippen LogP contribution in [-0.2, 0) is 0 Å². The van der Waals surface area contributed by atoms with E-state index in [9.17, 15) is 0 Å². The summed E-state index contributed by atoms with van der Waals surface area (Å²) in [4.78, 5) is 2.70. The molecule has 0 amide bonds. The summed E-state index contributed by atoms with van der Waals surface area (Å²) in [6.07, 6.45) is 3.95. The molecule has 18 heavy (non-hydrogen) atoms. The second-order valence-electron chi connectivity index (χ2n) is 7.60. The molecule has 108 valence electrons. The van der Waals surface area contributed by atoms with Gasteiger partial charge in [0.25, 0.3) is 0 Å². The zero-order chi connectivity index (χ0) is 13.8. The highest BCUT2D eigenvalue weighted by molar-refractivity contribution is 4.82. The molecule has 0 spiro atoms. The van der Waals surface area contributed by atoms with Crippen LogP contribution in [0.3, 0.4) is 0 Å². The first kappa shape index (κ1) is 16.0. The van der Waals surface area contributed by atoms with Crippen LogP contribution in [0.25, 0.3) is 0 Å². The van der Waals surface area contributed by atoms with Crippen molar-refractivity contribution < 1.29 is 0 Å². The summed E-state index contributed by atoms with van der Waals surface area (Å²) < 4.78 is 0. The van der Waals surface area contributed by atoms with Gasteiger partial charge in [-0.3, -0.25) is 4.90 Å². The standard InChI is InChI=1S/C16H34N2/c1-13(2)15-12-18(14(3)8-10-17-15)11-7-9-16(4,5)6/h13-15,17H,7-12H2,1-6H3. The molecule has 1 aliphatic rings. The van der Waals surface area contributed by atoms with E-state index >= 15 is 0 Å². The van der Waals surface area contributed by atoms with Crippen LogP contribution in [0.2, 0.25) is 0 Å². The molecule has 1 saturated heterocycles. The molecule has 1 heterocycles. The smallest absolute Gasteiger partial charge is 0.0218 e. The molecular weight excluding hydrogens is 220 g/mol. The Morgan fingerprint density at radius 2 is 1.94 bits per heavy atom. The van der Waals surface area contributed by atoms with Gasteiger partial charge in [0.15, 0.2) is 0 Å². The summed E-state index contributed by atoms with van der Waals surface area (Å²) in [7, 11) is 0. The summed E-state index contributed by atoms with van der Waals surface area (Å²) in [5, 5.41) is 3.71. The zero-order valence-electron chi connectivity index (χ0n) is 13.4. The average molecular weight is 254 g/mol. The maximum atomic E-state index is 3.71. The normalized spacial score (nSPS) is 27.5. The van der Waals surface area contributed by atoms with Gasteiger partial charge >= 0.3 is 0 Å². The van der Waals surface area contributed by atoms with E-state index in [0.717, 1.165) is 12.0 Å². The third-order valence-corrected chi connectivity index (χ3v) is 4.20. The molecule has 1 rings (SSSR count). The van der Waals surface area contributed by atoms with E-state index in [0.29, 0.717) is 11.5 Å². The van der Waals surface area contributed by atoms with E-state index in [4.69, 9.17) is 0 Å². The molecule has 0 radical (unpaired) electrons. The van der Waals surface area contributed by atoms with E-state index in [2.05, 4.69) is 51.8 Å². The zero-order valence-corrected chi connectivity index (χ0v) is 13.4. The van der Waals surface area contributed by atoms with Crippen molar-refractivity contribution in [1.82, 2.24) is 10.2 Å². The molecule has 1 fully saturated rings. The first-order chi connectivity index (χ1) is 8.29. The maximum Gasteiger partial charge on any atom is 0.0218 e. The van der Waals surface area contributed by atoms with Crippen LogP contribution in [-0.4, -0.2) is 36.6 Å². The maximum absolute atomic E-state index is 3.71. The molecule has 0 bridgehead atoms. The van der Waals surface area contributed by atoms with Crippen molar-refractivity contribution in [3.05, 3.63) is 0 Å². The number of nitrogens with one attached hydrogen (secondary N) is 1. The van der Waals surface area contributed by atoms with E-state index in [-0.39, 0.29) is 0 Å². The van der Waals surface area contributed by atoms with Crippen molar-refractivity contribution in [3.63, 3.8) is 0 Å². The lowest BCUT2D eigenvalue weighted by Crippen LogP contribution is -2.43. The van der Waals surface area contributed by atoms with Gasteiger partial charge in [-0.1, -0.05) is 34.6 Å². The third-order valence-electron chi connectivity index (χ3n) is 4.20. The van der Waals surface area contributed by atoms with Gasteiger partial charge < -0.3 is 5.32 Å². The summed E-state index contributed by atoms with van der Waals surface area (Å²) in [5.74, 6) is 0.736. The van der Waals surface area contributed by atoms with Crippen molar-refractivity contribution in [2.45, 2.75) is 72.9 Å². The number of nitrogens with zero attached hydrogens (tertiary/aromatic N) is 1. The summed E-state index contributed by atoms with van der Waals surface area (Å²) >= 11 is 0. The Bertz CT molecular complexity index is 230. The minimum Gasteiger partial charge on any atom is -0.312 e. The number of rotatable bonds is 4. The van der Waals surface area contributed by atoms with Gasteiger partial charge in [0, 0.05) is 18.6 Å². The van der Waals surface area contributed by atoms with Gasteiger partial charge in [-0.05, 0) is 50.6 Å². The van der Waals surface area contributed by atoms with Crippen molar-refractivity contribution in [3.8, 4) is 0 Å². The summed E-state index contributed by atoms with van der Waals surface area (Å²) in [5.41, 5.74) is 0.477. The molecule has 2 heteroatoms. The molecule has 2 unspecified atom stereocenters. The minimum atomic E-state index is 0.477. The fraction of sp³-hybridized carbons (Fsp3) is 1.00. The van der Waals surface area contributed by atoms with Gasteiger partial charge in [-0.25, -0.2) is 0 Å². The minimum absolute atomic E-state index is 0.477. The topological polar surface area (TPSA) is 15.3 Å². The Kier molecular flexibility index (Phi) is 6.13. The van der Waals surface area contributed by atoms with Gasteiger partial charge in [0.05, 0.1) is 0 Å². The Morgan fingerprint density at radius 1 is 1.28 bits per heavy atom. The molecule has 0 aromatic rings. The lowest BCUT2D eigenvalue weighted by Gasteiger charge is -2.31. The summed E-state index contributed by atoms with van der Waals surface area (Å²) in [6.45, 7) is 17.8. The largest absolute Gasteiger partial charge is 0.312 e. The Labute approximate surface area is 115 Å². The number of hydrogen-bond donors (Lipinski definition) is 1. The van der Waals surface area contributed by atoms with Crippen LogP contribution >= 0.6 is 0 Å². The first-order valence-corrected chi connectivity index (χ1v) is 7.77. The van der Waals surface area contributed by atoms with Crippen LogP contribution in [0, 0.1) is 11.3 Å². The third kappa shape index (κ3) is 5.71. The predicted octanol–water partition coefficient (Wildman–Crippen LogP) is 3.52. The predicted molar refractivity (Wildman–Crippen MR) is 81.0 cm³/mol. The molecule has 0 aliphatic carbocycles. The van der Waals surface area contributed by atoms with Crippen LogP contribution in [0.15, 0.2) is 0 Å². The molecule has 0 aromatic heterocycles. The van der Waals surface area contributed by atoms with Gasteiger partial charge in [0.1, 0.15) is 0 Å². The second kappa shape index (κ2) is 6.91. The monoisotopic (exact) mass is 254 g/mol. The Balaban J connectivity index is 2.44. The molecule has 1 aliphatic heterocycles. The fourth-order valence-electron chi connectivity index (χ4n) is 2.73. The lowest BCUT2D eigenvalue weighted by molar-refractivity contribution is 0.180. The van der Waals surface area contributed by atoms with E-state index in [1.807, 2.05) is 0 Å². The van der Waals surface area contributed by atoms with E-state index in [1.165, 1.54) is 38.9 Å². The molecule has 0 saturated carbocycles. The molecule has 2 atom stereocenters. The molecule has 1 N–H and O–H groups in total. The van der Waals surface area contributed by atoms with E-state index in [1.54, 1.807) is 0 Å². The van der Waals surface area contributed by atoms with Crippen LogP contribution in [0.1, 0.15) is 60.8 Å². The average Bonchev–Trinajstić information content (AvgIpc) is 2.40. The van der Waals surface area contributed by atoms with Crippen LogP contribution in [0.5, 0.6) is 0 Å². The fourth-order valence-corrected chi connectivity index (χ4v) is 2.73. The van der Waals surface area contributed by atoms with Crippen molar-refractivity contribution in [1.29, 1.82) is 0 Å². The van der Waals surface area contributed by atoms with Crippen LogP contribution < -0.4 is 5.32 Å². The van der Waals surface area contributed by atoms with Gasteiger partial charge in [-0.15, -0.1) is 0 Å². The highest BCUT2D eigenvalue weighted by atomic mass is 15.2. The second-order valence-corrected chi connectivity index (χ2v) is 7.60. The van der Waals surface area contributed by atoms with Gasteiger partial charge in [0.2, 0.25) is 0 Å². The van der Waals surface area contributed by atoms with Crippen molar-refractivity contribution >= 4 is 0 Å². The van der Waals surface area contributed by atoms with Gasteiger partial charge in [-0.2, -0.15) is 0 Å². The Hall–Kier alpha value is -0.0800. The lowest BCUT2D eigenvalue weighted by atomic mass is 9.90. The quantitative estimate of drug-likeness (QED) is 0.826. The highest BCUT2D eigenvalue weighted by Crippen LogP contribution is 2.22. The Morgan fingerprint density at radius 3 is 2.50 bits per heavy atom. The molecule has 2 nitrogen and oxygen atoms in total. The van der Waals surface area contributed by atoms with Crippen LogP contribution in [0.4, 0.5) is 0 Å². The summed E-state index contributed by atoms with van der Waals surface area (Å²) in [6, 6.07) is 1.41. The van der Waals surface area contributed by atoms with E-state index < -0.39 is 0 Å². The number of hydrogen-bond acceptors (Lipinski definition) is 2. The highest BCUT2D eigenvalue weighted by Gasteiger charge is 2.24. The SMILES string of the molecule is CC(C)C1CN(CCCC(C)(C)C)C(C)CCN1. The molecular formula is C16H34N2. The van der Waals surface area contributed by atoms with Crippen molar-refractivity contribution in [2.75, 3.05) is 19.6 Å². The van der Waals surface area contributed by atoms with Crippen molar-refractivity contribution in [2.24, 2.45) is 11.3 Å². The molecule has 0 aromatic carbocycles.